The van der Waals surface area contributed by atoms with Crippen LogP contribution in [0.15, 0.2) is 36.7 Å². The molecule has 2 amide bonds. The van der Waals surface area contributed by atoms with Gasteiger partial charge < -0.3 is 25.6 Å². The molecule has 12 heteroatoms. The molecule has 11 nitrogen and oxygen atoms in total. The van der Waals surface area contributed by atoms with Crippen LogP contribution in [-0.2, 0) is 21.4 Å². The zero-order chi connectivity index (χ0) is 30.9. The number of aromatic nitrogens is 2. The van der Waals surface area contributed by atoms with Crippen LogP contribution in [0.25, 0.3) is 11.3 Å². The fraction of sp³-hybridized carbons (Fsp3) is 0.419. The number of carbonyl (C=O) groups is 2. The third-order valence-corrected chi connectivity index (χ3v) is 8.91. The smallest absolute Gasteiger partial charge is 0.410 e. The second-order valence-electron chi connectivity index (χ2n) is 12.1. The molecule has 5 rings (SSSR count). The third-order valence-electron chi connectivity index (χ3n) is 7.83. The molecular formula is C31H36N8O3S. The molecule has 1 unspecified atom stereocenters. The molecule has 3 aromatic heterocycles. The molecule has 1 aliphatic heterocycles. The van der Waals surface area contributed by atoms with Crippen molar-refractivity contribution in [3.05, 3.63) is 58.4 Å². The van der Waals surface area contributed by atoms with Crippen LogP contribution in [-0.4, -0.2) is 64.5 Å². The molecule has 0 spiro atoms. The number of rotatable bonds is 4. The van der Waals surface area contributed by atoms with Crippen LogP contribution in [0.5, 0.6) is 0 Å². The average molecular weight is 601 g/mol. The van der Waals surface area contributed by atoms with Gasteiger partial charge in [0.2, 0.25) is 5.91 Å². The lowest BCUT2D eigenvalue weighted by atomic mass is 9.72. The van der Waals surface area contributed by atoms with Crippen LogP contribution in [0, 0.1) is 16.7 Å². The minimum atomic E-state index is -0.997. The van der Waals surface area contributed by atoms with Gasteiger partial charge in [-0.05, 0) is 71.2 Å². The van der Waals surface area contributed by atoms with Crippen molar-refractivity contribution in [2.45, 2.75) is 58.0 Å². The first-order valence-electron chi connectivity index (χ1n) is 14.3. The number of pyridine rings is 2. The van der Waals surface area contributed by atoms with Gasteiger partial charge in [-0.15, -0.1) is 11.3 Å². The standard InChI is InChI=1S/C31H36N8O3S/c1-30(2,3)42-29(41)39-14-12-38(13-15-39)20-16-22(19-7-10-35-11-8-19)36-23(17-20)26(33)37-28(40)31(4)9-5-6-24-25(31)21(18-32)27(34)43-24/h7-8,10-11,16-17H,5-6,9,12-15,34H2,1-4H3,(H2,33,37,40). The lowest BCUT2D eigenvalue weighted by Crippen LogP contribution is -2.50. The predicted octanol–water partition coefficient (Wildman–Crippen LogP) is 4.45. The first-order chi connectivity index (χ1) is 20.4. The molecule has 0 radical (unpaired) electrons. The van der Waals surface area contributed by atoms with Gasteiger partial charge >= 0.3 is 6.09 Å². The zero-order valence-corrected chi connectivity index (χ0v) is 25.7. The molecule has 4 heterocycles. The van der Waals surface area contributed by atoms with Crippen molar-refractivity contribution in [2.24, 2.45) is 0 Å². The Balaban J connectivity index is 1.41. The molecular weight excluding hydrogens is 564 g/mol. The molecule has 0 aromatic carbocycles. The van der Waals surface area contributed by atoms with E-state index < -0.39 is 11.0 Å². The normalized spacial score (nSPS) is 18.4. The Morgan fingerprint density at radius 1 is 1.19 bits per heavy atom. The summed E-state index contributed by atoms with van der Waals surface area (Å²) in [6, 6.07) is 9.60. The van der Waals surface area contributed by atoms with E-state index in [1.165, 1.54) is 11.3 Å². The van der Waals surface area contributed by atoms with Gasteiger partial charge in [-0.25, -0.2) is 9.78 Å². The number of nitriles is 1. The highest BCUT2D eigenvalue weighted by molar-refractivity contribution is 7.16. The summed E-state index contributed by atoms with van der Waals surface area (Å²) in [7, 11) is 0. The van der Waals surface area contributed by atoms with Gasteiger partial charge in [0.25, 0.3) is 0 Å². The number of nitrogen functional groups attached to an aromatic ring is 1. The van der Waals surface area contributed by atoms with E-state index in [1.54, 1.807) is 23.4 Å². The number of hydrogen-bond donors (Lipinski definition) is 3. The molecule has 1 atom stereocenters. The summed E-state index contributed by atoms with van der Waals surface area (Å²) in [6.07, 6.45) is 5.11. The molecule has 1 saturated heterocycles. The van der Waals surface area contributed by atoms with E-state index in [0.29, 0.717) is 60.1 Å². The van der Waals surface area contributed by atoms with Crippen molar-refractivity contribution in [2.75, 3.05) is 36.8 Å². The molecule has 0 saturated carbocycles. The minimum absolute atomic E-state index is 0.135. The molecule has 4 N–H and O–H groups in total. The number of hydrogen-bond acceptors (Lipinski definition) is 10. The zero-order valence-electron chi connectivity index (χ0n) is 24.9. The lowest BCUT2D eigenvalue weighted by Gasteiger charge is -2.37. The van der Waals surface area contributed by atoms with Crippen LogP contribution >= 0.6 is 11.3 Å². The van der Waals surface area contributed by atoms with E-state index in [2.05, 4.69) is 21.3 Å². The van der Waals surface area contributed by atoms with E-state index in [4.69, 9.17) is 20.9 Å². The van der Waals surface area contributed by atoms with Crippen molar-refractivity contribution in [3.8, 4) is 17.3 Å². The predicted molar refractivity (Wildman–Crippen MR) is 166 cm³/mol. The van der Waals surface area contributed by atoms with Gasteiger partial charge in [0.1, 0.15) is 22.4 Å². The van der Waals surface area contributed by atoms with Crippen molar-refractivity contribution < 1.29 is 14.3 Å². The van der Waals surface area contributed by atoms with Gasteiger partial charge in [-0.1, -0.05) is 0 Å². The number of ether oxygens (including phenoxy) is 1. The number of nitrogens with zero attached hydrogens (tertiary/aromatic N) is 5. The quantitative estimate of drug-likeness (QED) is 0.292. The Labute approximate surface area is 255 Å². The van der Waals surface area contributed by atoms with Crippen LogP contribution in [0.1, 0.15) is 62.2 Å². The van der Waals surface area contributed by atoms with E-state index >= 15 is 0 Å². The SMILES string of the molecule is CC(C)(C)OC(=O)N1CCN(c2cc(C(=N)NC(=O)C3(C)CCCc4sc(N)c(C#N)c43)nc(-c3ccncc3)c2)CC1. The number of amides is 2. The fourth-order valence-corrected chi connectivity index (χ4v) is 6.80. The molecule has 43 heavy (non-hydrogen) atoms. The molecule has 0 bridgehead atoms. The minimum Gasteiger partial charge on any atom is -0.444 e. The number of fused-ring (bicyclic) bond motifs is 1. The lowest BCUT2D eigenvalue weighted by molar-refractivity contribution is -0.125. The number of carbonyl (C=O) groups excluding carboxylic acids is 2. The van der Waals surface area contributed by atoms with E-state index in [9.17, 15) is 14.9 Å². The highest BCUT2D eigenvalue weighted by atomic mass is 32.1. The largest absolute Gasteiger partial charge is 0.444 e. The fourth-order valence-electron chi connectivity index (χ4n) is 5.61. The number of aryl methyl sites for hydroxylation is 1. The van der Waals surface area contributed by atoms with Gasteiger partial charge in [0.05, 0.1) is 16.7 Å². The maximum Gasteiger partial charge on any atom is 0.410 e. The topological polar surface area (TPSA) is 161 Å². The van der Waals surface area contributed by atoms with E-state index in [0.717, 1.165) is 29.0 Å². The van der Waals surface area contributed by atoms with Crippen LogP contribution in [0.4, 0.5) is 15.5 Å². The summed E-state index contributed by atoms with van der Waals surface area (Å²) >= 11 is 1.36. The van der Waals surface area contributed by atoms with Gasteiger partial charge in [0, 0.05) is 60.3 Å². The molecule has 1 aliphatic carbocycles. The van der Waals surface area contributed by atoms with Gasteiger partial charge in [-0.3, -0.25) is 15.2 Å². The highest BCUT2D eigenvalue weighted by Gasteiger charge is 2.43. The Morgan fingerprint density at radius 3 is 2.53 bits per heavy atom. The van der Waals surface area contributed by atoms with Gasteiger partial charge in [-0.2, -0.15) is 5.26 Å². The number of thiophene rings is 1. The Hall–Kier alpha value is -4.50. The summed E-state index contributed by atoms with van der Waals surface area (Å²) in [6.45, 7) is 9.45. The maximum absolute atomic E-state index is 13.8. The summed E-state index contributed by atoms with van der Waals surface area (Å²) in [5.41, 5.74) is 8.18. The summed E-state index contributed by atoms with van der Waals surface area (Å²) in [4.78, 5) is 40.0. The highest BCUT2D eigenvalue weighted by Crippen LogP contribution is 2.45. The van der Waals surface area contributed by atoms with Crippen LogP contribution < -0.4 is 16.0 Å². The average Bonchev–Trinajstić information content (AvgIpc) is 3.32. The summed E-state index contributed by atoms with van der Waals surface area (Å²) in [5, 5.41) is 21.9. The molecule has 3 aromatic rings. The van der Waals surface area contributed by atoms with Crippen molar-refractivity contribution in [1.82, 2.24) is 20.2 Å². The number of nitrogens with two attached hydrogens (primary N) is 1. The van der Waals surface area contributed by atoms with Crippen molar-refractivity contribution >= 4 is 39.9 Å². The van der Waals surface area contributed by atoms with E-state index in [-0.39, 0.29) is 17.8 Å². The van der Waals surface area contributed by atoms with Crippen molar-refractivity contribution in [1.29, 1.82) is 10.7 Å². The summed E-state index contributed by atoms with van der Waals surface area (Å²) in [5.74, 6) is -0.499. The van der Waals surface area contributed by atoms with Gasteiger partial charge in [0.15, 0.2) is 5.84 Å². The first-order valence-corrected chi connectivity index (χ1v) is 15.1. The van der Waals surface area contributed by atoms with Crippen LogP contribution in [0.3, 0.4) is 0 Å². The second kappa shape index (κ2) is 11.6. The summed E-state index contributed by atoms with van der Waals surface area (Å²) < 4.78 is 5.54. The number of piperazine rings is 1. The third kappa shape index (κ3) is 6.17. The Morgan fingerprint density at radius 2 is 1.88 bits per heavy atom. The van der Waals surface area contributed by atoms with E-state index in [1.807, 2.05) is 45.9 Å². The van der Waals surface area contributed by atoms with Crippen LogP contribution in [0.2, 0.25) is 0 Å². The Kier molecular flexibility index (Phi) is 8.12. The molecule has 2 aliphatic rings. The Bertz CT molecular complexity index is 1600. The second-order valence-corrected chi connectivity index (χ2v) is 13.2. The molecule has 224 valence electrons. The number of anilines is 2. The number of amidine groups is 1. The maximum atomic E-state index is 13.8. The molecule has 1 fully saturated rings. The monoisotopic (exact) mass is 600 g/mol. The first kappa shape index (κ1) is 30.0. The number of nitrogens with one attached hydrogen (secondary N) is 2. The van der Waals surface area contributed by atoms with Crippen molar-refractivity contribution in [3.63, 3.8) is 0 Å².